The maximum Gasteiger partial charge on any atom is 0.119 e. The third-order valence-corrected chi connectivity index (χ3v) is 3.38. The van der Waals surface area contributed by atoms with Gasteiger partial charge in [0.2, 0.25) is 0 Å². The number of aliphatic hydroxyl groups is 1. The summed E-state index contributed by atoms with van der Waals surface area (Å²) in [4.78, 5) is 0. The van der Waals surface area contributed by atoms with Crippen molar-refractivity contribution in [1.82, 2.24) is 0 Å². The lowest BCUT2D eigenvalue weighted by Gasteiger charge is -2.18. The molecule has 2 aromatic carbocycles. The lowest BCUT2D eigenvalue weighted by Crippen LogP contribution is -2.30. The van der Waals surface area contributed by atoms with Gasteiger partial charge in [0.15, 0.2) is 0 Å². The number of benzene rings is 2. The maximum absolute atomic E-state index is 10.1. The molecule has 112 valence electrons. The van der Waals surface area contributed by atoms with Gasteiger partial charge in [-0.05, 0) is 36.2 Å². The molecule has 5 N–H and O–H groups in total. The molecule has 0 spiro atoms. The Morgan fingerprint density at radius 2 is 1.67 bits per heavy atom. The van der Waals surface area contributed by atoms with Crippen LogP contribution in [0, 0.1) is 0 Å². The largest absolute Gasteiger partial charge is 0.489 e. The summed E-state index contributed by atoms with van der Waals surface area (Å²) < 4.78 is 5.70. The van der Waals surface area contributed by atoms with Gasteiger partial charge in [0.25, 0.3) is 0 Å². The third kappa shape index (κ3) is 4.56. The average molecular weight is 286 g/mol. The molecule has 2 unspecified atom stereocenters. The summed E-state index contributed by atoms with van der Waals surface area (Å²) in [6.07, 6.45) is -0.107. The molecule has 0 amide bonds. The highest BCUT2D eigenvalue weighted by Gasteiger charge is 2.15. The Kier molecular flexibility index (Phi) is 5.75. The van der Waals surface area contributed by atoms with Gasteiger partial charge in [-0.25, -0.2) is 0 Å². The van der Waals surface area contributed by atoms with Crippen LogP contribution in [0.4, 0.5) is 0 Å². The summed E-state index contributed by atoms with van der Waals surface area (Å²) >= 11 is 0. The second-order valence-corrected chi connectivity index (χ2v) is 5.03. The van der Waals surface area contributed by atoms with Crippen LogP contribution in [0.2, 0.25) is 0 Å². The van der Waals surface area contributed by atoms with Crippen molar-refractivity contribution >= 4 is 0 Å². The first kappa shape index (κ1) is 15.5. The molecule has 0 aliphatic rings. The summed E-state index contributed by atoms with van der Waals surface area (Å²) in [6.45, 7) is 0.992. The van der Waals surface area contributed by atoms with Gasteiger partial charge in [-0.15, -0.1) is 0 Å². The molecule has 0 fully saturated rings. The number of hydrogen-bond acceptors (Lipinski definition) is 4. The molecule has 2 aromatic rings. The quantitative estimate of drug-likeness (QED) is 0.727. The molecule has 0 heterocycles. The predicted molar refractivity (Wildman–Crippen MR) is 83.8 cm³/mol. The van der Waals surface area contributed by atoms with Crippen LogP contribution in [0.3, 0.4) is 0 Å². The van der Waals surface area contributed by atoms with Crippen molar-refractivity contribution in [2.45, 2.75) is 25.2 Å². The van der Waals surface area contributed by atoms with E-state index in [0.717, 1.165) is 16.9 Å². The Hall–Kier alpha value is -1.88. The molecular formula is C17H22N2O2. The fraction of sp³-hybridized carbons (Fsp3) is 0.294. The van der Waals surface area contributed by atoms with Gasteiger partial charge in [0.1, 0.15) is 12.4 Å². The van der Waals surface area contributed by atoms with E-state index in [4.69, 9.17) is 16.2 Å². The summed E-state index contributed by atoms with van der Waals surface area (Å²) in [7, 11) is 0. The first-order chi connectivity index (χ1) is 10.2. The van der Waals surface area contributed by atoms with E-state index in [9.17, 15) is 5.11 Å². The van der Waals surface area contributed by atoms with Crippen LogP contribution in [-0.2, 0) is 6.61 Å². The molecule has 0 radical (unpaired) electrons. The van der Waals surface area contributed by atoms with E-state index in [-0.39, 0.29) is 6.04 Å². The highest BCUT2D eigenvalue weighted by molar-refractivity contribution is 5.29. The van der Waals surface area contributed by atoms with Crippen molar-refractivity contribution in [3.8, 4) is 5.75 Å². The molecule has 0 aliphatic heterocycles. The minimum Gasteiger partial charge on any atom is -0.489 e. The van der Waals surface area contributed by atoms with E-state index in [2.05, 4.69) is 0 Å². The van der Waals surface area contributed by atoms with Crippen LogP contribution in [-0.4, -0.2) is 17.7 Å². The molecule has 0 aromatic heterocycles. The second kappa shape index (κ2) is 7.78. The number of aliphatic hydroxyl groups excluding tert-OH is 1. The lowest BCUT2D eigenvalue weighted by molar-refractivity contribution is 0.143. The molecule has 0 aliphatic carbocycles. The number of ether oxygens (including phenoxy) is 1. The fourth-order valence-corrected chi connectivity index (χ4v) is 2.10. The van der Waals surface area contributed by atoms with Crippen LogP contribution in [0.1, 0.15) is 23.7 Å². The van der Waals surface area contributed by atoms with Gasteiger partial charge in [-0.2, -0.15) is 0 Å². The Bertz CT molecular complexity index is 528. The van der Waals surface area contributed by atoms with Crippen molar-refractivity contribution in [3.05, 3.63) is 65.7 Å². The normalized spacial score (nSPS) is 13.7. The van der Waals surface area contributed by atoms with Crippen molar-refractivity contribution in [3.63, 3.8) is 0 Å². The highest BCUT2D eigenvalue weighted by atomic mass is 16.5. The van der Waals surface area contributed by atoms with Crippen molar-refractivity contribution < 1.29 is 9.84 Å². The van der Waals surface area contributed by atoms with Gasteiger partial charge in [0, 0.05) is 6.04 Å². The lowest BCUT2D eigenvalue weighted by atomic mass is 10.0. The van der Waals surface area contributed by atoms with E-state index in [1.807, 2.05) is 54.6 Å². The fourth-order valence-electron chi connectivity index (χ4n) is 2.10. The number of nitrogens with two attached hydrogens (primary N) is 2. The van der Waals surface area contributed by atoms with E-state index in [1.165, 1.54) is 0 Å². The Morgan fingerprint density at radius 1 is 1.00 bits per heavy atom. The minimum absolute atomic E-state index is 0.342. The smallest absolute Gasteiger partial charge is 0.119 e. The van der Waals surface area contributed by atoms with Crippen molar-refractivity contribution in [1.29, 1.82) is 0 Å². The predicted octanol–water partition coefficient (Wildman–Crippen LogP) is 1.98. The van der Waals surface area contributed by atoms with Gasteiger partial charge in [-0.1, -0.05) is 42.5 Å². The molecule has 0 saturated carbocycles. The summed E-state index contributed by atoms with van der Waals surface area (Å²) in [5.41, 5.74) is 13.2. The molecular weight excluding hydrogens is 264 g/mol. The summed E-state index contributed by atoms with van der Waals surface area (Å²) in [5, 5.41) is 10.1. The average Bonchev–Trinajstić information content (AvgIpc) is 2.54. The van der Waals surface area contributed by atoms with E-state index in [1.54, 1.807) is 0 Å². The molecule has 0 saturated heterocycles. The van der Waals surface area contributed by atoms with Crippen LogP contribution in [0.15, 0.2) is 54.6 Å². The monoisotopic (exact) mass is 286 g/mol. The zero-order valence-electron chi connectivity index (χ0n) is 12.0. The summed E-state index contributed by atoms with van der Waals surface area (Å²) in [5.74, 6) is 0.766. The standard InChI is InChI=1S/C17H22N2O2/c18-11-10-16(19)17(20)14-6-8-15(9-7-14)21-12-13-4-2-1-3-5-13/h1-9,16-17,20H,10-12,18-19H2. The Balaban J connectivity index is 1.92. The molecule has 2 rings (SSSR count). The molecule has 2 atom stereocenters. The summed E-state index contributed by atoms with van der Waals surface area (Å²) in [6, 6.07) is 17.0. The van der Waals surface area contributed by atoms with Crippen molar-refractivity contribution in [2.75, 3.05) is 6.54 Å². The first-order valence-corrected chi connectivity index (χ1v) is 7.11. The highest BCUT2D eigenvalue weighted by Crippen LogP contribution is 2.21. The SMILES string of the molecule is NCCC(N)C(O)c1ccc(OCc2ccccc2)cc1. The topological polar surface area (TPSA) is 81.5 Å². The van der Waals surface area contributed by atoms with Crippen LogP contribution in [0.25, 0.3) is 0 Å². The number of hydrogen-bond donors (Lipinski definition) is 3. The molecule has 0 bridgehead atoms. The van der Waals surface area contributed by atoms with Gasteiger partial charge >= 0.3 is 0 Å². The first-order valence-electron chi connectivity index (χ1n) is 7.11. The minimum atomic E-state index is -0.697. The second-order valence-electron chi connectivity index (χ2n) is 5.03. The molecule has 21 heavy (non-hydrogen) atoms. The number of rotatable bonds is 7. The van der Waals surface area contributed by atoms with Crippen LogP contribution < -0.4 is 16.2 Å². The Labute approximate surface area is 125 Å². The maximum atomic E-state index is 10.1. The van der Waals surface area contributed by atoms with Gasteiger partial charge in [0.05, 0.1) is 6.10 Å². The third-order valence-electron chi connectivity index (χ3n) is 3.38. The molecule has 4 heteroatoms. The van der Waals surface area contributed by atoms with Gasteiger partial charge in [-0.3, -0.25) is 0 Å². The van der Waals surface area contributed by atoms with Crippen molar-refractivity contribution in [2.24, 2.45) is 11.5 Å². The zero-order chi connectivity index (χ0) is 15.1. The van der Waals surface area contributed by atoms with E-state index < -0.39 is 6.10 Å². The van der Waals surface area contributed by atoms with Gasteiger partial charge < -0.3 is 21.3 Å². The van der Waals surface area contributed by atoms with E-state index >= 15 is 0 Å². The Morgan fingerprint density at radius 3 is 2.29 bits per heavy atom. The van der Waals surface area contributed by atoms with E-state index in [0.29, 0.717) is 19.6 Å². The van der Waals surface area contributed by atoms with Crippen LogP contribution >= 0.6 is 0 Å². The zero-order valence-corrected chi connectivity index (χ0v) is 12.0. The molecule has 4 nitrogen and oxygen atoms in total. The van der Waals surface area contributed by atoms with Crippen LogP contribution in [0.5, 0.6) is 5.75 Å².